The number of fused-ring (bicyclic) bond motifs is 2. The van der Waals surface area contributed by atoms with Gasteiger partial charge in [0, 0.05) is 34.5 Å². The number of methoxy groups -OCH3 is 2. The van der Waals surface area contributed by atoms with Crippen molar-refractivity contribution in [2.24, 2.45) is 0 Å². The SMILES string of the molecule is COC(=O)C1CCOc2cc(Oc3ccc(C(=O)Nc4cccc(C(C)(C)C)c4)cc3)c(C#N)cc21.COC(=O)C1CCOc2cc(Oc3ccc(C(=O)O)cc3)c(C#N)cc21. The molecule has 0 bridgehead atoms. The second-order valence-corrected chi connectivity index (χ2v) is 15.3. The zero-order valence-corrected chi connectivity index (χ0v) is 34.6. The second kappa shape index (κ2) is 19.0. The van der Waals surface area contributed by atoms with Gasteiger partial charge in [0.15, 0.2) is 0 Å². The van der Waals surface area contributed by atoms with Gasteiger partial charge in [0.1, 0.15) is 46.6 Å². The van der Waals surface area contributed by atoms with Crippen molar-refractivity contribution in [1.29, 1.82) is 10.5 Å². The molecule has 2 aliphatic rings. The lowest BCUT2D eigenvalue weighted by Gasteiger charge is -2.25. The maximum atomic E-state index is 12.8. The van der Waals surface area contributed by atoms with Crippen LogP contribution in [0.25, 0.3) is 0 Å². The predicted molar refractivity (Wildman–Crippen MR) is 225 cm³/mol. The van der Waals surface area contributed by atoms with Crippen LogP contribution in [0.15, 0.2) is 97.1 Å². The molecule has 0 aliphatic carbocycles. The molecule has 0 spiro atoms. The number of nitriles is 2. The van der Waals surface area contributed by atoms with Gasteiger partial charge in [-0.3, -0.25) is 14.4 Å². The zero-order chi connectivity index (χ0) is 44.6. The summed E-state index contributed by atoms with van der Waals surface area (Å²) in [6, 6.07) is 30.8. The molecular weight excluding hydrogens is 795 g/mol. The van der Waals surface area contributed by atoms with Gasteiger partial charge in [0.25, 0.3) is 5.91 Å². The Kier molecular flexibility index (Phi) is 13.4. The molecule has 0 radical (unpaired) electrons. The Balaban J connectivity index is 0.000000218. The standard InChI is InChI=1S/C29H28N2O5.C19H15NO6/c1-29(2,3)20-6-5-7-21(15-20)31-27(32)18-8-10-22(11-9-18)36-25-16-26-24(14-19(25)17-30)23(12-13-35-26)28(33)34-4;1-24-19(23)14-6-7-25-17-9-16(12(10-20)8-15(14)17)26-13-4-2-11(3-5-13)18(21)22/h5-11,14-16,23H,12-13H2,1-4H3,(H,31,32);2-5,8-9,14H,6-7H2,1H3,(H,21,22). The number of aromatic carboxylic acids is 1. The minimum Gasteiger partial charge on any atom is -0.493 e. The lowest BCUT2D eigenvalue weighted by molar-refractivity contribution is -0.144. The van der Waals surface area contributed by atoms with Crippen LogP contribution >= 0.6 is 0 Å². The number of nitrogens with one attached hydrogen (secondary N) is 1. The Morgan fingerprint density at radius 1 is 0.677 bits per heavy atom. The monoisotopic (exact) mass is 837 g/mol. The Labute approximate surface area is 358 Å². The van der Waals surface area contributed by atoms with E-state index in [1.165, 1.54) is 38.5 Å². The summed E-state index contributed by atoms with van der Waals surface area (Å²) in [7, 11) is 2.66. The van der Waals surface area contributed by atoms with Crippen molar-refractivity contribution >= 4 is 29.5 Å². The summed E-state index contributed by atoms with van der Waals surface area (Å²) < 4.78 is 32.7. The molecule has 2 aliphatic heterocycles. The van der Waals surface area contributed by atoms with E-state index in [2.05, 4.69) is 32.2 Å². The molecule has 62 heavy (non-hydrogen) atoms. The lowest BCUT2D eigenvalue weighted by atomic mass is 9.87. The van der Waals surface area contributed by atoms with Gasteiger partial charge < -0.3 is 38.8 Å². The van der Waals surface area contributed by atoms with Crippen molar-refractivity contribution in [2.45, 2.75) is 50.9 Å². The highest BCUT2D eigenvalue weighted by atomic mass is 16.5. The summed E-state index contributed by atoms with van der Waals surface area (Å²) in [6.45, 7) is 7.08. The van der Waals surface area contributed by atoms with E-state index in [0.717, 1.165) is 11.3 Å². The Morgan fingerprint density at radius 3 is 1.56 bits per heavy atom. The van der Waals surface area contributed by atoms with Crippen molar-refractivity contribution in [3.05, 3.63) is 136 Å². The number of carboxylic acids is 1. The number of amides is 1. The first-order chi connectivity index (χ1) is 29.7. The van der Waals surface area contributed by atoms with E-state index in [9.17, 15) is 29.7 Å². The average Bonchev–Trinajstić information content (AvgIpc) is 3.28. The summed E-state index contributed by atoms with van der Waals surface area (Å²) in [5, 5.41) is 31.0. The summed E-state index contributed by atoms with van der Waals surface area (Å²) >= 11 is 0. The molecule has 14 nitrogen and oxygen atoms in total. The maximum Gasteiger partial charge on any atom is 0.335 e. The van der Waals surface area contributed by atoms with Crippen molar-refractivity contribution in [1.82, 2.24) is 0 Å². The molecule has 0 saturated heterocycles. The number of benzene rings is 5. The van der Waals surface area contributed by atoms with Crippen LogP contribution in [0, 0.1) is 22.7 Å². The molecule has 2 heterocycles. The Morgan fingerprint density at radius 2 is 1.15 bits per heavy atom. The minimum atomic E-state index is -1.04. The maximum absolute atomic E-state index is 12.8. The Hall–Kier alpha value is -7.84. The molecule has 316 valence electrons. The number of hydrogen-bond donors (Lipinski definition) is 2. The van der Waals surface area contributed by atoms with Crippen molar-refractivity contribution in [3.8, 4) is 46.6 Å². The molecule has 5 aromatic carbocycles. The molecule has 0 aromatic heterocycles. The van der Waals surface area contributed by atoms with E-state index in [-0.39, 0.29) is 45.7 Å². The van der Waals surface area contributed by atoms with Crippen LogP contribution in [0.2, 0.25) is 0 Å². The molecule has 0 saturated carbocycles. The topological polar surface area (TPSA) is 203 Å². The number of carbonyl (C=O) groups excluding carboxylic acids is 3. The molecule has 14 heteroatoms. The van der Waals surface area contributed by atoms with Crippen LogP contribution in [0.3, 0.4) is 0 Å². The summed E-state index contributed by atoms with van der Waals surface area (Å²) in [5.74, 6) is -0.634. The molecule has 2 atom stereocenters. The van der Waals surface area contributed by atoms with Crippen molar-refractivity contribution in [3.63, 3.8) is 0 Å². The molecular formula is C48H43N3O11. The van der Waals surface area contributed by atoms with Crippen LogP contribution in [0.4, 0.5) is 5.69 Å². The predicted octanol–water partition coefficient (Wildman–Crippen LogP) is 9.03. The van der Waals surface area contributed by atoms with Crippen LogP contribution in [0.5, 0.6) is 34.5 Å². The van der Waals surface area contributed by atoms with E-state index in [4.69, 9.17) is 33.5 Å². The number of nitrogens with zero attached hydrogens (tertiary/aromatic N) is 2. The van der Waals surface area contributed by atoms with Gasteiger partial charge in [0.2, 0.25) is 0 Å². The number of carboxylic acid groups (broad SMARTS) is 1. The smallest absolute Gasteiger partial charge is 0.335 e. The van der Waals surface area contributed by atoms with E-state index >= 15 is 0 Å². The fraction of sp³-hybridized carbons (Fsp3) is 0.250. The van der Waals surface area contributed by atoms with Gasteiger partial charge >= 0.3 is 17.9 Å². The van der Waals surface area contributed by atoms with E-state index < -0.39 is 17.8 Å². The largest absolute Gasteiger partial charge is 0.493 e. The fourth-order valence-corrected chi connectivity index (χ4v) is 6.81. The van der Waals surface area contributed by atoms with Crippen LogP contribution in [-0.2, 0) is 24.5 Å². The van der Waals surface area contributed by atoms with Gasteiger partial charge in [-0.15, -0.1) is 0 Å². The highest BCUT2D eigenvalue weighted by Crippen LogP contribution is 2.42. The molecule has 1 amide bonds. The van der Waals surface area contributed by atoms with Gasteiger partial charge in [-0.25, -0.2) is 4.79 Å². The molecule has 5 aromatic rings. The third-order valence-electron chi connectivity index (χ3n) is 10.2. The van der Waals surface area contributed by atoms with Crippen LogP contribution in [0.1, 0.15) is 94.0 Å². The first kappa shape index (κ1) is 43.7. The number of rotatable bonds is 9. The van der Waals surface area contributed by atoms with E-state index in [0.29, 0.717) is 71.5 Å². The highest BCUT2D eigenvalue weighted by Gasteiger charge is 2.32. The Bertz CT molecular complexity index is 2580. The summed E-state index contributed by atoms with van der Waals surface area (Å²) in [5.41, 5.74) is 4.15. The van der Waals surface area contributed by atoms with Crippen molar-refractivity contribution < 1.29 is 52.7 Å². The number of anilines is 1. The minimum absolute atomic E-state index is 0.0239. The third kappa shape index (κ3) is 10.1. The first-order valence-electron chi connectivity index (χ1n) is 19.5. The summed E-state index contributed by atoms with van der Waals surface area (Å²) in [4.78, 5) is 47.8. The number of hydrogen-bond acceptors (Lipinski definition) is 12. The lowest BCUT2D eigenvalue weighted by Crippen LogP contribution is -2.22. The number of carbonyl (C=O) groups is 4. The van der Waals surface area contributed by atoms with Gasteiger partial charge in [-0.05, 0) is 96.6 Å². The number of esters is 2. The molecule has 7 rings (SSSR count). The first-order valence-corrected chi connectivity index (χ1v) is 19.5. The van der Waals surface area contributed by atoms with Crippen LogP contribution < -0.4 is 24.3 Å². The molecule has 2 N–H and O–H groups in total. The van der Waals surface area contributed by atoms with Gasteiger partial charge in [-0.2, -0.15) is 10.5 Å². The van der Waals surface area contributed by atoms with Crippen LogP contribution in [-0.4, -0.2) is 56.4 Å². The van der Waals surface area contributed by atoms with Crippen molar-refractivity contribution in [2.75, 3.05) is 32.8 Å². The third-order valence-corrected chi connectivity index (χ3v) is 10.2. The second-order valence-electron chi connectivity index (χ2n) is 15.3. The number of ether oxygens (including phenoxy) is 6. The summed E-state index contributed by atoms with van der Waals surface area (Å²) in [6.07, 6.45) is 0.955. The normalized spacial score (nSPS) is 14.8. The van der Waals surface area contributed by atoms with E-state index in [1.54, 1.807) is 48.5 Å². The van der Waals surface area contributed by atoms with Gasteiger partial charge in [-0.1, -0.05) is 32.9 Å². The molecule has 0 fully saturated rings. The van der Waals surface area contributed by atoms with E-state index in [1.807, 2.05) is 30.3 Å². The molecule has 2 unspecified atom stereocenters. The van der Waals surface area contributed by atoms with Gasteiger partial charge in [0.05, 0.1) is 56.0 Å². The highest BCUT2D eigenvalue weighted by molar-refractivity contribution is 6.04. The quantitative estimate of drug-likeness (QED) is 0.133. The zero-order valence-electron chi connectivity index (χ0n) is 34.6. The average molecular weight is 838 g/mol. The fourth-order valence-electron chi connectivity index (χ4n) is 6.81.